The number of piperazine rings is 1. The first-order valence-electron chi connectivity index (χ1n) is 8.24. The molecule has 1 aliphatic heterocycles. The first-order chi connectivity index (χ1) is 10.7. The average molecular weight is 298 g/mol. The summed E-state index contributed by atoms with van der Waals surface area (Å²) in [6, 6.07) is 8.84. The maximum Gasteiger partial charge on any atom is 0.105 e. The van der Waals surface area contributed by atoms with Crippen molar-refractivity contribution in [3.05, 3.63) is 48.0 Å². The van der Waals surface area contributed by atoms with Crippen LogP contribution in [-0.4, -0.2) is 47.2 Å². The summed E-state index contributed by atoms with van der Waals surface area (Å²) >= 11 is 0. The van der Waals surface area contributed by atoms with E-state index >= 15 is 0 Å². The van der Waals surface area contributed by atoms with E-state index in [0.717, 1.165) is 38.5 Å². The Morgan fingerprint density at radius 2 is 1.86 bits per heavy atom. The van der Waals surface area contributed by atoms with Gasteiger partial charge in [0.1, 0.15) is 5.82 Å². The Kier molecular flexibility index (Phi) is 4.78. The maximum absolute atomic E-state index is 4.28. The highest BCUT2D eigenvalue weighted by Gasteiger charge is 2.16. The van der Waals surface area contributed by atoms with Crippen LogP contribution >= 0.6 is 0 Å². The van der Waals surface area contributed by atoms with Crippen molar-refractivity contribution in [3.63, 3.8) is 0 Å². The Morgan fingerprint density at radius 1 is 1.05 bits per heavy atom. The second-order valence-corrected chi connectivity index (χ2v) is 6.19. The highest BCUT2D eigenvalue weighted by atomic mass is 15.3. The number of nitrogens with zero attached hydrogens (tertiary/aromatic N) is 4. The zero-order valence-electron chi connectivity index (χ0n) is 13.7. The topological polar surface area (TPSA) is 24.3 Å². The number of aryl methyl sites for hydroxylation is 3. The number of hydrogen-bond donors (Lipinski definition) is 0. The molecule has 1 aromatic carbocycles. The molecule has 3 rings (SSSR count). The number of aromatic nitrogens is 2. The van der Waals surface area contributed by atoms with Gasteiger partial charge in [0.2, 0.25) is 0 Å². The highest BCUT2D eigenvalue weighted by molar-refractivity contribution is 5.48. The third-order valence-corrected chi connectivity index (χ3v) is 4.54. The van der Waals surface area contributed by atoms with Crippen LogP contribution in [0.15, 0.2) is 36.7 Å². The molecule has 1 fully saturated rings. The van der Waals surface area contributed by atoms with Crippen LogP contribution in [0.4, 0.5) is 5.69 Å². The highest BCUT2D eigenvalue weighted by Crippen LogP contribution is 2.17. The van der Waals surface area contributed by atoms with Gasteiger partial charge >= 0.3 is 0 Å². The van der Waals surface area contributed by atoms with Gasteiger partial charge in [0.15, 0.2) is 0 Å². The van der Waals surface area contributed by atoms with E-state index in [1.54, 1.807) is 0 Å². The van der Waals surface area contributed by atoms with E-state index in [1.807, 2.05) is 6.20 Å². The molecule has 0 radical (unpaired) electrons. The lowest BCUT2D eigenvalue weighted by Gasteiger charge is -2.36. The molecule has 4 nitrogen and oxygen atoms in total. The van der Waals surface area contributed by atoms with Crippen LogP contribution in [0.1, 0.15) is 17.8 Å². The van der Waals surface area contributed by atoms with Crippen LogP contribution in [0.2, 0.25) is 0 Å². The lowest BCUT2D eigenvalue weighted by molar-refractivity contribution is 0.250. The standard InChI is InChI=1S/C18H26N4/c1-16-5-3-6-18(15-16)22-13-11-20(12-14-22)8-4-9-21-10-7-19-17(21)2/h3,5-7,10,15H,4,8-9,11-14H2,1-2H3. The van der Waals surface area contributed by atoms with Gasteiger partial charge in [-0.2, -0.15) is 0 Å². The minimum atomic E-state index is 1.07. The van der Waals surface area contributed by atoms with Crippen molar-refractivity contribution in [1.29, 1.82) is 0 Å². The lowest BCUT2D eigenvalue weighted by Crippen LogP contribution is -2.46. The van der Waals surface area contributed by atoms with Crippen LogP contribution < -0.4 is 4.90 Å². The van der Waals surface area contributed by atoms with Crippen LogP contribution in [-0.2, 0) is 6.54 Å². The van der Waals surface area contributed by atoms with Gasteiger partial charge in [0, 0.05) is 50.8 Å². The van der Waals surface area contributed by atoms with Gasteiger partial charge in [-0.25, -0.2) is 4.98 Å². The summed E-state index contributed by atoms with van der Waals surface area (Å²) in [5.74, 6) is 1.12. The van der Waals surface area contributed by atoms with Gasteiger partial charge < -0.3 is 9.47 Å². The van der Waals surface area contributed by atoms with Crippen LogP contribution in [0.25, 0.3) is 0 Å². The fraction of sp³-hybridized carbons (Fsp3) is 0.500. The zero-order chi connectivity index (χ0) is 15.4. The molecular formula is C18H26N4. The third kappa shape index (κ3) is 3.69. The van der Waals surface area contributed by atoms with E-state index in [1.165, 1.54) is 24.2 Å². The van der Waals surface area contributed by atoms with Gasteiger partial charge in [-0.05, 0) is 44.5 Å². The molecule has 118 valence electrons. The number of hydrogen-bond acceptors (Lipinski definition) is 3. The summed E-state index contributed by atoms with van der Waals surface area (Å²) < 4.78 is 2.24. The zero-order valence-corrected chi connectivity index (χ0v) is 13.7. The summed E-state index contributed by atoms with van der Waals surface area (Å²) in [5, 5.41) is 0. The molecular weight excluding hydrogens is 272 g/mol. The summed E-state index contributed by atoms with van der Waals surface area (Å²) in [4.78, 5) is 9.36. The third-order valence-electron chi connectivity index (χ3n) is 4.54. The van der Waals surface area contributed by atoms with E-state index in [2.05, 4.69) is 63.7 Å². The molecule has 0 bridgehead atoms. The van der Waals surface area contributed by atoms with Gasteiger partial charge in [-0.3, -0.25) is 4.90 Å². The lowest BCUT2D eigenvalue weighted by atomic mass is 10.2. The predicted molar refractivity (Wildman–Crippen MR) is 91.4 cm³/mol. The Bertz CT molecular complexity index is 597. The molecule has 1 aromatic heterocycles. The average Bonchev–Trinajstić information content (AvgIpc) is 2.93. The van der Waals surface area contributed by atoms with E-state index < -0.39 is 0 Å². The minimum Gasteiger partial charge on any atom is -0.369 e. The number of benzene rings is 1. The second kappa shape index (κ2) is 6.97. The van der Waals surface area contributed by atoms with Crippen LogP contribution in [0.3, 0.4) is 0 Å². The van der Waals surface area contributed by atoms with E-state index in [4.69, 9.17) is 0 Å². The Morgan fingerprint density at radius 3 is 2.55 bits per heavy atom. The van der Waals surface area contributed by atoms with Crippen LogP contribution in [0.5, 0.6) is 0 Å². The fourth-order valence-corrected chi connectivity index (χ4v) is 3.16. The number of rotatable bonds is 5. The normalized spacial score (nSPS) is 16.2. The molecule has 4 heteroatoms. The molecule has 22 heavy (non-hydrogen) atoms. The minimum absolute atomic E-state index is 1.07. The molecule has 2 heterocycles. The molecule has 1 saturated heterocycles. The number of anilines is 1. The smallest absolute Gasteiger partial charge is 0.105 e. The van der Waals surface area contributed by atoms with E-state index in [0.29, 0.717) is 0 Å². The van der Waals surface area contributed by atoms with Gasteiger partial charge in [0.25, 0.3) is 0 Å². The Hall–Kier alpha value is -1.81. The fourth-order valence-electron chi connectivity index (χ4n) is 3.16. The summed E-state index contributed by atoms with van der Waals surface area (Å²) in [6.45, 7) is 11.1. The predicted octanol–water partition coefficient (Wildman–Crippen LogP) is 2.71. The SMILES string of the molecule is Cc1cccc(N2CCN(CCCn3ccnc3C)CC2)c1. The van der Waals surface area contributed by atoms with Gasteiger partial charge in [-0.15, -0.1) is 0 Å². The molecule has 0 aliphatic carbocycles. The molecule has 0 spiro atoms. The first-order valence-corrected chi connectivity index (χ1v) is 8.24. The van der Waals surface area contributed by atoms with Crippen molar-refractivity contribution >= 4 is 5.69 Å². The van der Waals surface area contributed by atoms with Gasteiger partial charge in [0.05, 0.1) is 0 Å². The van der Waals surface area contributed by atoms with Crippen molar-refractivity contribution in [2.24, 2.45) is 0 Å². The Labute approximate surface area is 133 Å². The van der Waals surface area contributed by atoms with Crippen molar-refractivity contribution in [1.82, 2.24) is 14.5 Å². The van der Waals surface area contributed by atoms with Crippen molar-refractivity contribution < 1.29 is 0 Å². The monoisotopic (exact) mass is 298 g/mol. The molecule has 2 aromatic rings. The van der Waals surface area contributed by atoms with Crippen LogP contribution in [0, 0.1) is 13.8 Å². The quantitative estimate of drug-likeness (QED) is 0.848. The summed E-state index contributed by atoms with van der Waals surface area (Å²) in [6.07, 6.45) is 5.16. The molecule has 1 aliphatic rings. The van der Waals surface area contributed by atoms with E-state index in [-0.39, 0.29) is 0 Å². The largest absolute Gasteiger partial charge is 0.369 e. The van der Waals surface area contributed by atoms with E-state index in [9.17, 15) is 0 Å². The van der Waals surface area contributed by atoms with Gasteiger partial charge in [-0.1, -0.05) is 12.1 Å². The number of imidazole rings is 1. The van der Waals surface area contributed by atoms with Crippen molar-refractivity contribution in [2.75, 3.05) is 37.6 Å². The molecule has 0 saturated carbocycles. The summed E-state index contributed by atoms with van der Waals surface area (Å²) in [5.41, 5.74) is 2.71. The van der Waals surface area contributed by atoms with Crippen molar-refractivity contribution in [2.45, 2.75) is 26.8 Å². The first kappa shape index (κ1) is 15.1. The molecule has 0 N–H and O–H groups in total. The molecule has 0 unspecified atom stereocenters. The maximum atomic E-state index is 4.28. The Balaban J connectivity index is 1.43. The van der Waals surface area contributed by atoms with Crippen molar-refractivity contribution in [3.8, 4) is 0 Å². The molecule has 0 atom stereocenters. The molecule has 0 amide bonds. The second-order valence-electron chi connectivity index (χ2n) is 6.19. The summed E-state index contributed by atoms with van der Waals surface area (Å²) in [7, 11) is 0.